The van der Waals surface area contributed by atoms with Crippen LogP contribution in [0.15, 0.2) is 58.9 Å². The molecule has 1 aromatic heterocycles. The molecule has 4 heteroatoms. The summed E-state index contributed by atoms with van der Waals surface area (Å²) in [6, 6.07) is 10.5. The highest BCUT2D eigenvalue weighted by atomic mass is 35.5. The highest BCUT2D eigenvalue weighted by Gasteiger charge is 2.03. The van der Waals surface area contributed by atoms with Crippen LogP contribution in [0.5, 0.6) is 0 Å². The smallest absolute Gasteiger partial charge is 0.187 e. The average Bonchev–Trinajstić information content (AvgIpc) is 2.90. The summed E-state index contributed by atoms with van der Waals surface area (Å²) in [6.45, 7) is 2.40. The largest absolute Gasteiger partial charge is 0.467 e. The zero-order valence-corrected chi connectivity index (χ0v) is 11.3. The van der Waals surface area contributed by atoms with Gasteiger partial charge in [-0.1, -0.05) is 11.6 Å². The minimum atomic E-state index is -0.0545. The maximum atomic E-state index is 11.9. The normalized spacial score (nSPS) is 11.4. The van der Waals surface area contributed by atoms with Crippen molar-refractivity contribution >= 4 is 17.4 Å². The summed E-state index contributed by atoms with van der Waals surface area (Å²) in [5.74, 6) is 0.771. The van der Waals surface area contributed by atoms with Gasteiger partial charge in [0.05, 0.1) is 12.8 Å². The summed E-state index contributed by atoms with van der Waals surface area (Å²) in [5, 5.41) is 3.74. The van der Waals surface area contributed by atoms with Gasteiger partial charge >= 0.3 is 0 Å². The number of halogens is 1. The fourth-order valence-electron chi connectivity index (χ4n) is 1.58. The molecule has 3 nitrogen and oxygen atoms in total. The summed E-state index contributed by atoms with van der Waals surface area (Å²) in [4.78, 5) is 11.9. The molecular weight excluding hydrogens is 262 g/mol. The van der Waals surface area contributed by atoms with Gasteiger partial charge in [0.15, 0.2) is 5.78 Å². The van der Waals surface area contributed by atoms with Gasteiger partial charge in [-0.2, -0.15) is 0 Å². The lowest BCUT2D eigenvalue weighted by molar-refractivity contribution is 0.104. The van der Waals surface area contributed by atoms with Crippen molar-refractivity contribution < 1.29 is 9.21 Å². The summed E-state index contributed by atoms with van der Waals surface area (Å²) < 4.78 is 5.20. The molecule has 0 amide bonds. The molecule has 19 heavy (non-hydrogen) atoms. The van der Waals surface area contributed by atoms with Crippen molar-refractivity contribution in [1.82, 2.24) is 5.32 Å². The van der Waals surface area contributed by atoms with Gasteiger partial charge in [-0.25, -0.2) is 0 Å². The predicted octanol–water partition coefficient (Wildman–Crippen LogP) is 3.81. The Morgan fingerprint density at radius 3 is 2.68 bits per heavy atom. The van der Waals surface area contributed by atoms with Gasteiger partial charge in [0, 0.05) is 22.4 Å². The van der Waals surface area contributed by atoms with Gasteiger partial charge in [0.1, 0.15) is 5.76 Å². The van der Waals surface area contributed by atoms with Gasteiger partial charge in [0.2, 0.25) is 0 Å². The number of hydrogen-bond donors (Lipinski definition) is 1. The Labute approximate surface area is 116 Å². The topological polar surface area (TPSA) is 42.2 Å². The number of ketones is 1. The van der Waals surface area contributed by atoms with Crippen LogP contribution in [-0.4, -0.2) is 5.78 Å². The molecule has 0 unspecified atom stereocenters. The van der Waals surface area contributed by atoms with E-state index < -0.39 is 0 Å². The van der Waals surface area contributed by atoms with Crippen molar-refractivity contribution in [3.05, 3.63) is 70.8 Å². The van der Waals surface area contributed by atoms with Crippen molar-refractivity contribution in [1.29, 1.82) is 0 Å². The standard InChI is InChI=1S/C15H14ClNO2/c1-11(17-10-14-3-2-8-19-14)9-15(18)12-4-6-13(16)7-5-12/h2-9,17H,10H2,1H3. The van der Waals surface area contributed by atoms with E-state index in [9.17, 15) is 4.79 Å². The number of carbonyl (C=O) groups is 1. The van der Waals surface area contributed by atoms with Crippen molar-refractivity contribution in [3.63, 3.8) is 0 Å². The molecule has 2 rings (SSSR count). The van der Waals surface area contributed by atoms with Crippen LogP contribution in [0.4, 0.5) is 0 Å². The Balaban J connectivity index is 1.96. The van der Waals surface area contributed by atoms with Gasteiger partial charge < -0.3 is 9.73 Å². The number of nitrogens with one attached hydrogen (secondary N) is 1. The summed E-state index contributed by atoms with van der Waals surface area (Å²) in [7, 11) is 0. The molecule has 0 radical (unpaired) electrons. The molecule has 1 N–H and O–H groups in total. The predicted molar refractivity (Wildman–Crippen MR) is 75.1 cm³/mol. The van der Waals surface area contributed by atoms with Gasteiger partial charge in [-0.05, 0) is 43.3 Å². The van der Waals surface area contributed by atoms with Crippen LogP contribution in [0.1, 0.15) is 23.0 Å². The lowest BCUT2D eigenvalue weighted by Gasteiger charge is -2.04. The molecule has 2 aromatic rings. The lowest BCUT2D eigenvalue weighted by atomic mass is 10.1. The summed E-state index contributed by atoms with van der Waals surface area (Å²) in [5.41, 5.74) is 1.40. The molecule has 0 spiro atoms. The molecule has 1 heterocycles. The molecule has 0 atom stereocenters. The maximum Gasteiger partial charge on any atom is 0.187 e. The third-order valence-electron chi connectivity index (χ3n) is 2.60. The molecule has 0 fully saturated rings. The van der Waals surface area contributed by atoms with Crippen LogP contribution >= 0.6 is 11.6 Å². The Morgan fingerprint density at radius 2 is 2.05 bits per heavy atom. The van der Waals surface area contributed by atoms with Crippen molar-refractivity contribution in [2.75, 3.05) is 0 Å². The van der Waals surface area contributed by atoms with E-state index in [0.29, 0.717) is 17.1 Å². The number of benzene rings is 1. The SMILES string of the molecule is CC(=CC(=O)c1ccc(Cl)cc1)NCc1ccco1. The molecule has 0 saturated carbocycles. The fraction of sp³-hybridized carbons (Fsp3) is 0.133. The molecule has 0 aliphatic rings. The molecule has 0 aliphatic heterocycles. The van der Waals surface area contributed by atoms with Crippen LogP contribution in [-0.2, 0) is 6.54 Å². The van der Waals surface area contributed by atoms with E-state index in [-0.39, 0.29) is 5.78 Å². The third kappa shape index (κ3) is 4.00. The number of furan rings is 1. The number of hydrogen-bond acceptors (Lipinski definition) is 3. The first-order valence-corrected chi connectivity index (χ1v) is 6.27. The van der Waals surface area contributed by atoms with Crippen LogP contribution in [0.2, 0.25) is 5.02 Å². The molecule has 0 bridgehead atoms. The second-order valence-corrected chi connectivity index (χ2v) is 4.57. The second kappa shape index (κ2) is 6.25. The number of carbonyl (C=O) groups excluding carboxylic acids is 1. The highest BCUT2D eigenvalue weighted by molar-refractivity contribution is 6.30. The highest BCUT2D eigenvalue weighted by Crippen LogP contribution is 2.11. The average molecular weight is 276 g/mol. The van der Waals surface area contributed by atoms with Gasteiger partial charge in [-0.3, -0.25) is 4.79 Å². The van der Waals surface area contributed by atoms with Crippen molar-refractivity contribution in [2.24, 2.45) is 0 Å². The first-order chi connectivity index (χ1) is 9.15. The minimum Gasteiger partial charge on any atom is -0.467 e. The number of allylic oxidation sites excluding steroid dienone is 2. The Bertz CT molecular complexity index is 571. The van der Waals surface area contributed by atoms with E-state index in [1.807, 2.05) is 19.1 Å². The van der Waals surface area contributed by atoms with E-state index >= 15 is 0 Å². The third-order valence-corrected chi connectivity index (χ3v) is 2.85. The molecule has 98 valence electrons. The van der Waals surface area contributed by atoms with Crippen molar-refractivity contribution in [2.45, 2.75) is 13.5 Å². The summed E-state index contributed by atoms with van der Waals surface area (Å²) in [6.07, 6.45) is 3.18. The van der Waals surface area contributed by atoms with Crippen LogP contribution in [0.25, 0.3) is 0 Å². The van der Waals surface area contributed by atoms with E-state index in [2.05, 4.69) is 5.32 Å². The quantitative estimate of drug-likeness (QED) is 0.666. The first kappa shape index (κ1) is 13.4. The zero-order valence-electron chi connectivity index (χ0n) is 10.5. The van der Waals surface area contributed by atoms with Crippen LogP contribution in [0, 0.1) is 0 Å². The van der Waals surface area contributed by atoms with Gasteiger partial charge in [0.25, 0.3) is 0 Å². The first-order valence-electron chi connectivity index (χ1n) is 5.89. The lowest BCUT2D eigenvalue weighted by Crippen LogP contribution is -2.11. The number of rotatable bonds is 5. The summed E-state index contributed by atoms with van der Waals surface area (Å²) >= 11 is 5.78. The van der Waals surface area contributed by atoms with Crippen LogP contribution in [0.3, 0.4) is 0 Å². The fourth-order valence-corrected chi connectivity index (χ4v) is 1.71. The zero-order chi connectivity index (χ0) is 13.7. The van der Waals surface area contributed by atoms with Gasteiger partial charge in [-0.15, -0.1) is 0 Å². The monoisotopic (exact) mass is 275 g/mol. The second-order valence-electron chi connectivity index (χ2n) is 4.13. The van der Waals surface area contributed by atoms with E-state index in [4.69, 9.17) is 16.0 Å². The van der Waals surface area contributed by atoms with Crippen molar-refractivity contribution in [3.8, 4) is 0 Å². The Morgan fingerprint density at radius 1 is 1.32 bits per heavy atom. The van der Waals surface area contributed by atoms with E-state index in [0.717, 1.165) is 11.5 Å². The molecule has 1 aromatic carbocycles. The molecule has 0 saturated heterocycles. The molecular formula is C15H14ClNO2. The molecule has 0 aliphatic carbocycles. The Kier molecular flexibility index (Phi) is 4.42. The van der Waals surface area contributed by atoms with E-state index in [1.54, 1.807) is 36.6 Å². The van der Waals surface area contributed by atoms with Crippen LogP contribution < -0.4 is 5.32 Å². The Hall–Kier alpha value is -2.00. The van der Waals surface area contributed by atoms with E-state index in [1.165, 1.54) is 0 Å². The maximum absolute atomic E-state index is 11.9. The minimum absolute atomic E-state index is 0.0545.